The minimum absolute atomic E-state index is 0.0748. The molecule has 2 aromatic rings. The van der Waals surface area contributed by atoms with Gasteiger partial charge in [-0.1, -0.05) is 42.5 Å². The van der Waals surface area contributed by atoms with E-state index in [0.717, 1.165) is 24.5 Å². The Labute approximate surface area is 200 Å². The van der Waals surface area contributed by atoms with Crippen LogP contribution >= 0.6 is 0 Å². The van der Waals surface area contributed by atoms with E-state index < -0.39 is 27.8 Å². The number of sulfonamides is 1. The van der Waals surface area contributed by atoms with Crippen molar-refractivity contribution in [3.05, 3.63) is 66.0 Å². The van der Waals surface area contributed by atoms with Crippen LogP contribution in [0.4, 0.5) is 4.39 Å². The molecule has 1 N–H and O–H groups in total. The summed E-state index contributed by atoms with van der Waals surface area (Å²) in [6.07, 6.45) is 2.97. The van der Waals surface area contributed by atoms with Crippen molar-refractivity contribution < 1.29 is 22.4 Å². The van der Waals surface area contributed by atoms with Gasteiger partial charge in [0.25, 0.3) is 0 Å². The number of piperidine rings is 1. The number of amides is 2. The lowest BCUT2D eigenvalue weighted by molar-refractivity contribution is -0.137. The molecule has 2 aliphatic heterocycles. The van der Waals surface area contributed by atoms with Gasteiger partial charge >= 0.3 is 0 Å². The maximum absolute atomic E-state index is 14.1. The third-order valence-electron chi connectivity index (χ3n) is 6.59. The molecule has 2 aromatic carbocycles. The monoisotopic (exact) mass is 487 g/mol. The van der Waals surface area contributed by atoms with Gasteiger partial charge in [-0.15, -0.1) is 0 Å². The van der Waals surface area contributed by atoms with E-state index in [0.29, 0.717) is 32.4 Å². The van der Waals surface area contributed by atoms with Gasteiger partial charge in [0.2, 0.25) is 21.8 Å². The lowest BCUT2D eigenvalue weighted by Gasteiger charge is -2.32. The molecule has 7 nitrogen and oxygen atoms in total. The first-order valence-electron chi connectivity index (χ1n) is 11.7. The van der Waals surface area contributed by atoms with Crippen molar-refractivity contribution in [3.63, 3.8) is 0 Å². The van der Waals surface area contributed by atoms with Crippen molar-refractivity contribution in [1.29, 1.82) is 0 Å². The summed E-state index contributed by atoms with van der Waals surface area (Å²) in [5.74, 6) is -1.51. The molecule has 2 aliphatic rings. The maximum atomic E-state index is 14.1. The first-order chi connectivity index (χ1) is 16.4. The quantitative estimate of drug-likeness (QED) is 0.651. The van der Waals surface area contributed by atoms with E-state index in [1.54, 1.807) is 4.90 Å². The minimum Gasteiger partial charge on any atom is -0.344 e. The molecule has 2 fully saturated rings. The fraction of sp³-hybridized carbons (Fsp3) is 0.440. The SMILES string of the molecule is O=C(NC(Cc1ccccc1)C(=O)N1CCCC1)C1CCN(S(=O)(=O)c2ccccc2F)CC1. The van der Waals surface area contributed by atoms with Gasteiger partial charge in [-0.25, -0.2) is 12.8 Å². The van der Waals surface area contributed by atoms with Gasteiger partial charge in [0.1, 0.15) is 16.8 Å². The average Bonchev–Trinajstić information content (AvgIpc) is 3.39. The van der Waals surface area contributed by atoms with E-state index in [4.69, 9.17) is 0 Å². The Morgan fingerprint density at radius 3 is 2.21 bits per heavy atom. The van der Waals surface area contributed by atoms with Gasteiger partial charge < -0.3 is 10.2 Å². The van der Waals surface area contributed by atoms with Crippen LogP contribution in [0.25, 0.3) is 0 Å². The molecule has 34 heavy (non-hydrogen) atoms. The highest BCUT2D eigenvalue weighted by Gasteiger charge is 2.35. The zero-order chi connectivity index (χ0) is 24.1. The van der Waals surface area contributed by atoms with Crippen LogP contribution in [0.2, 0.25) is 0 Å². The number of nitrogens with zero attached hydrogens (tertiary/aromatic N) is 2. The highest BCUT2D eigenvalue weighted by Crippen LogP contribution is 2.25. The van der Waals surface area contributed by atoms with Crippen LogP contribution in [0.1, 0.15) is 31.2 Å². The Hall–Kier alpha value is -2.78. The predicted molar refractivity (Wildman–Crippen MR) is 126 cm³/mol. The Bertz CT molecular complexity index is 1110. The lowest BCUT2D eigenvalue weighted by atomic mass is 9.96. The molecule has 1 unspecified atom stereocenters. The van der Waals surface area contributed by atoms with Crippen LogP contribution < -0.4 is 5.32 Å². The average molecular weight is 488 g/mol. The third-order valence-corrected chi connectivity index (χ3v) is 8.53. The summed E-state index contributed by atoms with van der Waals surface area (Å²) < 4.78 is 41.0. The van der Waals surface area contributed by atoms with Gasteiger partial charge in [-0.3, -0.25) is 9.59 Å². The number of carbonyl (C=O) groups excluding carboxylic acids is 2. The van der Waals surface area contributed by atoms with Gasteiger partial charge in [0.05, 0.1) is 0 Å². The number of hydrogen-bond acceptors (Lipinski definition) is 4. The van der Waals surface area contributed by atoms with Gasteiger partial charge in [0.15, 0.2) is 0 Å². The van der Waals surface area contributed by atoms with E-state index in [1.165, 1.54) is 22.5 Å². The third kappa shape index (κ3) is 5.47. The molecule has 0 saturated carbocycles. The van der Waals surface area contributed by atoms with Crippen molar-refractivity contribution in [2.45, 2.75) is 43.0 Å². The van der Waals surface area contributed by atoms with Crippen LogP contribution in [0.15, 0.2) is 59.5 Å². The minimum atomic E-state index is -3.96. The molecule has 0 bridgehead atoms. The number of likely N-dealkylation sites (tertiary alicyclic amines) is 1. The van der Waals surface area contributed by atoms with Crippen molar-refractivity contribution in [1.82, 2.24) is 14.5 Å². The Kier molecular flexibility index (Phi) is 7.63. The van der Waals surface area contributed by atoms with Crippen LogP contribution in [0.5, 0.6) is 0 Å². The van der Waals surface area contributed by atoms with Crippen LogP contribution in [0.3, 0.4) is 0 Å². The predicted octanol–water partition coefficient (Wildman–Crippen LogP) is 2.58. The number of rotatable bonds is 7. The molecule has 4 rings (SSSR count). The van der Waals surface area contributed by atoms with Gasteiger partial charge in [-0.2, -0.15) is 4.31 Å². The molecule has 182 valence electrons. The summed E-state index contributed by atoms with van der Waals surface area (Å²) in [5.41, 5.74) is 0.964. The highest BCUT2D eigenvalue weighted by atomic mass is 32.2. The molecular formula is C25H30FN3O4S. The van der Waals surface area contributed by atoms with E-state index in [9.17, 15) is 22.4 Å². The Morgan fingerprint density at radius 2 is 1.56 bits per heavy atom. The van der Waals surface area contributed by atoms with Crippen molar-refractivity contribution in [3.8, 4) is 0 Å². The molecule has 0 aromatic heterocycles. The van der Waals surface area contributed by atoms with E-state index in [-0.39, 0.29) is 29.8 Å². The largest absolute Gasteiger partial charge is 0.344 e. The molecule has 0 spiro atoms. The molecule has 0 aliphatic carbocycles. The zero-order valence-electron chi connectivity index (χ0n) is 19.0. The van der Waals surface area contributed by atoms with Crippen molar-refractivity contribution in [2.75, 3.05) is 26.2 Å². The summed E-state index contributed by atoms with van der Waals surface area (Å²) in [7, 11) is -3.96. The number of nitrogens with one attached hydrogen (secondary N) is 1. The standard InChI is InChI=1S/C25H30FN3O4S/c26-21-10-4-5-11-23(21)34(32,33)29-16-12-20(13-17-29)24(30)27-22(18-19-8-2-1-3-9-19)25(31)28-14-6-7-15-28/h1-5,8-11,20,22H,6-7,12-18H2,(H,27,30). The summed E-state index contributed by atoms with van der Waals surface area (Å²) >= 11 is 0. The van der Waals surface area contributed by atoms with Gasteiger partial charge in [-0.05, 0) is 43.4 Å². The van der Waals surface area contributed by atoms with Crippen LogP contribution in [-0.4, -0.2) is 61.7 Å². The maximum Gasteiger partial charge on any atom is 0.245 e. The first kappa shape index (κ1) is 24.3. The molecule has 0 radical (unpaired) electrons. The second-order valence-corrected chi connectivity index (χ2v) is 10.8. The van der Waals surface area contributed by atoms with E-state index in [1.807, 2.05) is 30.3 Å². The topological polar surface area (TPSA) is 86.8 Å². The van der Waals surface area contributed by atoms with Crippen molar-refractivity contribution in [2.24, 2.45) is 5.92 Å². The second-order valence-electron chi connectivity index (χ2n) is 8.89. The second kappa shape index (κ2) is 10.7. The first-order valence-corrected chi connectivity index (χ1v) is 13.2. The number of carbonyl (C=O) groups is 2. The normalized spacial score (nSPS) is 18.6. The van der Waals surface area contributed by atoms with E-state index in [2.05, 4.69) is 5.32 Å². The fourth-order valence-corrected chi connectivity index (χ4v) is 6.18. The smallest absolute Gasteiger partial charge is 0.245 e. The lowest BCUT2D eigenvalue weighted by Crippen LogP contribution is -2.51. The number of hydrogen-bond donors (Lipinski definition) is 1. The Balaban J connectivity index is 1.40. The molecule has 2 saturated heterocycles. The molecule has 1 atom stereocenters. The fourth-order valence-electron chi connectivity index (χ4n) is 4.65. The molecule has 2 heterocycles. The van der Waals surface area contributed by atoms with Gasteiger partial charge in [0, 0.05) is 38.5 Å². The summed E-state index contributed by atoms with van der Waals surface area (Å²) in [5, 5.41) is 2.95. The number of benzene rings is 2. The Morgan fingerprint density at radius 1 is 0.941 bits per heavy atom. The van der Waals surface area contributed by atoms with Crippen molar-refractivity contribution >= 4 is 21.8 Å². The molecular weight excluding hydrogens is 457 g/mol. The summed E-state index contributed by atoms with van der Waals surface area (Å²) in [4.78, 5) is 27.7. The highest BCUT2D eigenvalue weighted by molar-refractivity contribution is 7.89. The zero-order valence-corrected chi connectivity index (χ0v) is 19.8. The number of halogens is 1. The summed E-state index contributed by atoms with van der Waals surface area (Å²) in [6.45, 7) is 1.65. The van der Waals surface area contributed by atoms with Crippen LogP contribution in [0, 0.1) is 11.7 Å². The summed E-state index contributed by atoms with van der Waals surface area (Å²) in [6, 6.07) is 14.2. The molecule has 2 amide bonds. The molecule has 9 heteroatoms. The van der Waals surface area contributed by atoms with Crippen LogP contribution in [-0.2, 0) is 26.0 Å². The van der Waals surface area contributed by atoms with E-state index >= 15 is 0 Å².